The van der Waals surface area contributed by atoms with Gasteiger partial charge in [0.1, 0.15) is 5.75 Å². The van der Waals surface area contributed by atoms with E-state index < -0.39 is 12.3 Å². The molecule has 4 rings (SSSR count). The molecule has 0 saturated heterocycles. The minimum absolute atomic E-state index is 0.308. The van der Waals surface area contributed by atoms with Crippen molar-refractivity contribution in [3.05, 3.63) is 35.9 Å². The minimum Gasteiger partial charge on any atom is -0.465 e. The Morgan fingerprint density at radius 1 is 1.15 bits per heavy atom. The van der Waals surface area contributed by atoms with Crippen LogP contribution in [0.5, 0.6) is 5.75 Å². The number of nitrogens with one attached hydrogen (secondary N) is 1. The number of nitrogens with zero attached hydrogens (tertiary/aromatic N) is 4. The largest absolute Gasteiger partial charge is 0.573 e. The zero-order valence-corrected chi connectivity index (χ0v) is 19.7. The number of benzene rings is 2. The van der Waals surface area contributed by atoms with Crippen molar-refractivity contribution in [2.24, 2.45) is 7.05 Å². The van der Waals surface area contributed by atoms with E-state index in [1.54, 1.807) is 6.07 Å². The number of hydrogen-bond acceptors (Lipinski definition) is 8. The zero-order chi connectivity index (χ0) is 24.6. The third-order valence-electron chi connectivity index (χ3n) is 5.32. The van der Waals surface area contributed by atoms with Gasteiger partial charge in [-0.25, -0.2) is 14.8 Å². The van der Waals surface area contributed by atoms with Crippen LogP contribution in [0.2, 0.25) is 0 Å². The lowest BCUT2D eigenvalue weighted by molar-refractivity contribution is -0.274. The number of carbonyl (C=O) groups is 1. The maximum Gasteiger partial charge on any atom is 0.573 e. The van der Waals surface area contributed by atoms with Gasteiger partial charge in [-0.2, -0.15) is 0 Å². The number of halogens is 3. The second-order valence-electron chi connectivity index (χ2n) is 7.34. The summed E-state index contributed by atoms with van der Waals surface area (Å²) in [5.41, 5.74) is 3.07. The van der Waals surface area contributed by atoms with Crippen molar-refractivity contribution in [1.82, 2.24) is 14.5 Å². The first kappa shape index (κ1) is 23.6. The van der Waals surface area contributed by atoms with Crippen LogP contribution < -0.4 is 15.0 Å². The first-order valence-corrected chi connectivity index (χ1v) is 11.2. The number of alkyl halides is 3. The van der Waals surface area contributed by atoms with E-state index in [-0.39, 0.29) is 5.75 Å². The molecule has 8 nitrogen and oxygen atoms in total. The molecule has 0 atom stereocenters. The van der Waals surface area contributed by atoms with Crippen LogP contribution >= 0.6 is 11.3 Å². The van der Waals surface area contributed by atoms with E-state index in [0.29, 0.717) is 45.5 Å². The van der Waals surface area contributed by atoms with E-state index in [1.165, 1.54) is 36.6 Å². The molecule has 1 N–H and O–H groups in total. The van der Waals surface area contributed by atoms with Crippen molar-refractivity contribution in [3.8, 4) is 5.75 Å². The standard InChI is InChI=1S/C22H22F3N5O3S/c1-5-30(6-2)16-11-17-15(10-13(16)19(31)32-4)26-20(29(17)3)28-21-27-14-8-7-12(9-18(14)34-21)33-22(23,24)25/h7-11H,5-6H2,1-4H3,(H,26,27,28). The first-order valence-electron chi connectivity index (χ1n) is 10.4. The van der Waals surface area contributed by atoms with Crippen molar-refractivity contribution < 1.29 is 27.4 Å². The molecule has 0 aliphatic rings. The lowest BCUT2D eigenvalue weighted by Gasteiger charge is -2.23. The van der Waals surface area contributed by atoms with Gasteiger partial charge in [0.15, 0.2) is 5.13 Å². The third kappa shape index (κ3) is 4.58. The third-order valence-corrected chi connectivity index (χ3v) is 6.25. The molecule has 180 valence electrons. The lowest BCUT2D eigenvalue weighted by Crippen LogP contribution is -2.24. The molecule has 0 saturated carbocycles. The van der Waals surface area contributed by atoms with Gasteiger partial charge in [-0.05, 0) is 38.1 Å². The molecular formula is C22H22F3N5O3S. The summed E-state index contributed by atoms with van der Waals surface area (Å²) in [6, 6.07) is 7.56. The van der Waals surface area contributed by atoms with Crippen LogP contribution in [0, 0.1) is 0 Å². The Bertz CT molecular complexity index is 1360. The van der Waals surface area contributed by atoms with E-state index in [4.69, 9.17) is 4.74 Å². The van der Waals surface area contributed by atoms with Crippen molar-refractivity contribution in [1.29, 1.82) is 0 Å². The molecule has 4 aromatic rings. The highest BCUT2D eigenvalue weighted by Crippen LogP contribution is 2.34. The molecule has 0 fully saturated rings. The molecule has 0 radical (unpaired) electrons. The number of anilines is 3. The minimum atomic E-state index is -4.76. The maximum absolute atomic E-state index is 12.5. The van der Waals surface area contributed by atoms with Gasteiger partial charge in [0.25, 0.3) is 0 Å². The molecule has 0 unspecified atom stereocenters. The molecule has 2 aromatic heterocycles. The van der Waals surface area contributed by atoms with E-state index in [1.807, 2.05) is 31.5 Å². The Kier molecular flexibility index (Phi) is 6.26. The van der Waals surface area contributed by atoms with Crippen molar-refractivity contribution in [2.75, 3.05) is 30.4 Å². The number of esters is 1. The normalized spacial score (nSPS) is 11.7. The van der Waals surface area contributed by atoms with E-state index >= 15 is 0 Å². The summed E-state index contributed by atoms with van der Waals surface area (Å²) >= 11 is 1.17. The van der Waals surface area contributed by atoms with Crippen LogP contribution in [0.25, 0.3) is 21.3 Å². The molecule has 2 heterocycles. The van der Waals surface area contributed by atoms with Gasteiger partial charge in [0, 0.05) is 26.2 Å². The molecule has 2 aromatic carbocycles. The average molecular weight is 494 g/mol. The van der Waals surface area contributed by atoms with Gasteiger partial charge in [-0.15, -0.1) is 13.2 Å². The molecule has 0 aliphatic carbocycles. The van der Waals surface area contributed by atoms with Crippen LogP contribution in [0.4, 0.5) is 29.9 Å². The molecule has 34 heavy (non-hydrogen) atoms. The number of fused-ring (bicyclic) bond motifs is 2. The number of aromatic nitrogens is 3. The van der Waals surface area contributed by atoms with E-state index in [0.717, 1.165) is 11.2 Å². The maximum atomic E-state index is 12.5. The predicted molar refractivity (Wildman–Crippen MR) is 125 cm³/mol. The Morgan fingerprint density at radius 2 is 1.88 bits per heavy atom. The van der Waals surface area contributed by atoms with Gasteiger partial charge in [-0.1, -0.05) is 11.3 Å². The predicted octanol–water partition coefficient (Wildman–Crippen LogP) is 5.46. The highest BCUT2D eigenvalue weighted by atomic mass is 32.1. The number of methoxy groups -OCH3 is 1. The molecule has 0 aliphatic heterocycles. The molecule has 0 amide bonds. The summed E-state index contributed by atoms with van der Waals surface area (Å²) in [6.45, 7) is 5.42. The number of aryl methyl sites for hydroxylation is 1. The summed E-state index contributed by atoms with van der Waals surface area (Å²) in [5.74, 6) is -0.294. The Hall–Kier alpha value is -3.54. The smallest absolute Gasteiger partial charge is 0.465 e. The highest BCUT2D eigenvalue weighted by Gasteiger charge is 2.31. The number of imidazole rings is 1. The van der Waals surface area contributed by atoms with Gasteiger partial charge in [0.2, 0.25) is 5.95 Å². The van der Waals surface area contributed by atoms with Gasteiger partial charge in [-0.3, -0.25) is 0 Å². The second-order valence-corrected chi connectivity index (χ2v) is 8.37. The summed E-state index contributed by atoms with van der Waals surface area (Å²) < 4.78 is 48.9. The fourth-order valence-corrected chi connectivity index (χ4v) is 4.58. The number of thiazole rings is 1. The average Bonchev–Trinajstić information content (AvgIpc) is 3.32. The monoisotopic (exact) mass is 493 g/mol. The fraction of sp³-hybridized carbons (Fsp3) is 0.318. The molecule has 0 bridgehead atoms. The Labute approximate surface area is 196 Å². The number of carbonyl (C=O) groups excluding carboxylic acids is 1. The summed E-state index contributed by atoms with van der Waals surface area (Å²) in [7, 11) is 3.16. The van der Waals surface area contributed by atoms with Crippen LogP contribution in [-0.2, 0) is 11.8 Å². The van der Waals surface area contributed by atoms with Crippen LogP contribution in [0.1, 0.15) is 24.2 Å². The SMILES string of the molecule is CCN(CC)c1cc2c(cc1C(=O)OC)nc(Nc1nc3ccc(OC(F)(F)F)cc3s1)n2C. The quantitative estimate of drug-likeness (QED) is 0.343. The van der Waals surface area contributed by atoms with E-state index in [2.05, 4.69) is 24.9 Å². The van der Waals surface area contributed by atoms with Crippen molar-refractivity contribution in [2.45, 2.75) is 20.2 Å². The summed E-state index contributed by atoms with van der Waals surface area (Å²) in [6.07, 6.45) is -4.76. The summed E-state index contributed by atoms with van der Waals surface area (Å²) in [4.78, 5) is 23.5. The fourth-order valence-electron chi connectivity index (χ4n) is 3.69. The van der Waals surface area contributed by atoms with Gasteiger partial charge in [0.05, 0.1) is 39.6 Å². The Morgan fingerprint density at radius 3 is 2.53 bits per heavy atom. The van der Waals surface area contributed by atoms with E-state index in [9.17, 15) is 18.0 Å². The highest BCUT2D eigenvalue weighted by molar-refractivity contribution is 7.22. The van der Waals surface area contributed by atoms with Crippen LogP contribution in [0.15, 0.2) is 30.3 Å². The lowest BCUT2D eigenvalue weighted by atomic mass is 10.1. The topological polar surface area (TPSA) is 81.5 Å². The first-order chi connectivity index (χ1) is 16.1. The number of hydrogen-bond donors (Lipinski definition) is 1. The van der Waals surface area contributed by atoms with Gasteiger partial charge < -0.3 is 24.3 Å². The number of ether oxygens (including phenoxy) is 2. The van der Waals surface area contributed by atoms with Crippen LogP contribution in [0.3, 0.4) is 0 Å². The molecule has 12 heteroatoms. The van der Waals surface area contributed by atoms with Gasteiger partial charge >= 0.3 is 12.3 Å². The van der Waals surface area contributed by atoms with Crippen molar-refractivity contribution >= 4 is 55.3 Å². The number of rotatable bonds is 7. The van der Waals surface area contributed by atoms with Crippen LogP contribution in [-0.4, -0.2) is 47.1 Å². The van der Waals surface area contributed by atoms with Crippen molar-refractivity contribution in [3.63, 3.8) is 0 Å². The second kappa shape index (κ2) is 9.01. The molecule has 0 spiro atoms. The Balaban J connectivity index is 1.71. The summed E-state index contributed by atoms with van der Waals surface area (Å²) in [5, 5.41) is 3.58. The zero-order valence-electron chi connectivity index (χ0n) is 18.9. The molecular weight excluding hydrogens is 471 g/mol.